The quantitative estimate of drug-likeness (QED) is 0.821. The predicted octanol–water partition coefficient (Wildman–Crippen LogP) is 2.42. The number of benzene rings is 2. The van der Waals surface area contributed by atoms with Gasteiger partial charge in [0.2, 0.25) is 5.91 Å². The van der Waals surface area contributed by atoms with Crippen molar-refractivity contribution in [3.63, 3.8) is 0 Å². The van der Waals surface area contributed by atoms with Crippen LogP contribution in [-0.4, -0.2) is 30.3 Å². The van der Waals surface area contributed by atoms with Crippen LogP contribution in [0.2, 0.25) is 0 Å². The van der Waals surface area contributed by atoms with Crippen molar-refractivity contribution in [1.82, 2.24) is 4.90 Å². The fraction of sp³-hybridized carbons (Fsp3) is 0.263. The van der Waals surface area contributed by atoms with Gasteiger partial charge in [0.25, 0.3) is 5.91 Å². The summed E-state index contributed by atoms with van der Waals surface area (Å²) < 4.78 is 0. The third-order valence-electron chi connectivity index (χ3n) is 3.76. The van der Waals surface area contributed by atoms with Crippen molar-refractivity contribution >= 4 is 17.5 Å². The van der Waals surface area contributed by atoms with E-state index in [1.54, 1.807) is 24.3 Å². The Morgan fingerprint density at radius 2 is 1.67 bits per heavy atom. The zero-order valence-electron chi connectivity index (χ0n) is 14.1. The first kappa shape index (κ1) is 17.7. The maximum absolute atomic E-state index is 12.2. The molecule has 5 heteroatoms. The summed E-state index contributed by atoms with van der Waals surface area (Å²) in [6, 6.07) is 15.1. The molecule has 2 amide bonds. The smallest absolute Gasteiger partial charge is 0.250 e. The normalized spacial score (nSPS) is 10.6. The van der Waals surface area contributed by atoms with Gasteiger partial charge in [0.1, 0.15) is 0 Å². The molecule has 24 heavy (non-hydrogen) atoms. The SMILES string of the molecule is CCc1ccc(CN(C)CC(=O)Nc2ccccc2C(N)=O)cc1. The van der Waals surface area contributed by atoms with Gasteiger partial charge in [0.05, 0.1) is 17.8 Å². The Labute approximate surface area is 142 Å². The molecule has 0 radical (unpaired) electrons. The Bertz CT molecular complexity index is 711. The minimum atomic E-state index is -0.560. The molecular weight excluding hydrogens is 302 g/mol. The molecule has 0 bridgehead atoms. The van der Waals surface area contributed by atoms with Gasteiger partial charge >= 0.3 is 0 Å². The van der Waals surface area contributed by atoms with Crippen molar-refractivity contribution in [3.05, 3.63) is 65.2 Å². The monoisotopic (exact) mass is 325 g/mol. The second kappa shape index (κ2) is 8.26. The van der Waals surface area contributed by atoms with Crippen LogP contribution in [0, 0.1) is 0 Å². The average Bonchev–Trinajstić information content (AvgIpc) is 2.55. The van der Waals surface area contributed by atoms with Crippen molar-refractivity contribution in [2.45, 2.75) is 19.9 Å². The van der Waals surface area contributed by atoms with Crippen LogP contribution >= 0.6 is 0 Å². The third kappa shape index (κ3) is 4.93. The van der Waals surface area contributed by atoms with Crippen LogP contribution in [0.1, 0.15) is 28.4 Å². The summed E-state index contributed by atoms with van der Waals surface area (Å²) in [6.07, 6.45) is 1.01. The second-order valence-corrected chi connectivity index (χ2v) is 5.80. The Hall–Kier alpha value is -2.66. The van der Waals surface area contributed by atoms with Gasteiger partial charge in [-0.3, -0.25) is 14.5 Å². The molecule has 0 aliphatic rings. The first-order chi connectivity index (χ1) is 11.5. The molecule has 2 aromatic rings. The molecule has 0 aromatic heterocycles. The molecule has 0 atom stereocenters. The summed E-state index contributed by atoms with van der Waals surface area (Å²) >= 11 is 0. The maximum Gasteiger partial charge on any atom is 0.250 e. The highest BCUT2D eigenvalue weighted by Gasteiger charge is 2.12. The van der Waals surface area contributed by atoms with E-state index < -0.39 is 5.91 Å². The zero-order chi connectivity index (χ0) is 17.5. The van der Waals surface area contributed by atoms with Gasteiger partial charge in [-0.2, -0.15) is 0 Å². The zero-order valence-corrected chi connectivity index (χ0v) is 14.1. The van der Waals surface area contributed by atoms with E-state index in [-0.39, 0.29) is 12.5 Å². The molecule has 0 spiro atoms. The van der Waals surface area contributed by atoms with Crippen LogP contribution in [0.4, 0.5) is 5.69 Å². The van der Waals surface area contributed by atoms with Gasteiger partial charge in [-0.15, -0.1) is 0 Å². The number of likely N-dealkylation sites (N-methyl/N-ethyl adjacent to an activating group) is 1. The lowest BCUT2D eigenvalue weighted by molar-refractivity contribution is -0.117. The molecule has 2 aromatic carbocycles. The van der Waals surface area contributed by atoms with E-state index in [1.807, 2.05) is 11.9 Å². The molecular formula is C19H23N3O2. The first-order valence-corrected chi connectivity index (χ1v) is 7.94. The highest BCUT2D eigenvalue weighted by atomic mass is 16.2. The summed E-state index contributed by atoms with van der Waals surface area (Å²) in [5.41, 5.74) is 8.51. The number of hydrogen-bond acceptors (Lipinski definition) is 3. The number of primary amides is 1. The molecule has 0 unspecified atom stereocenters. The van der Waals surface area contributed by atoms with E-state index >= 15 is 0 Å². The fourth-order valence-corrected chi connectivity index (χ4v) is 2.49. The van der Waals surface area contributed by atoms with Gasteiger partial charge in [-0.25, -0.2) is 0 Å². The number of carbonyl (C=O) groups excluding carboxylic acids is 2. The van der Waals surface area contributed by atoms with Crippen LogP contribution in [0.5, 0.6) is 0 Å². The van der Waals surface area contributed by atoms with Crippen LogP contribution < -0.4 is 11.1 Å². The van der Waals surface area contributed by atoms with Gasteiger partial charge in [0, 0.05) is 6.54 Å². The van der Waals surface area contributed by atoms with Crippen molar-refractivity contribution in [1.29, 1.82) is 0 Å². The first-order valence-electron chi connectivity index (χ1n) is 7.94. The van der Waals surface area contributed by atoms with Crippen molar-refractivity contribution in [3.8, 4) is 0 Å². The Morgan fingerprint density at radius 3 is 2.29 bits per heavy atom. The number of nitrogens with two attached hydrogens (primary N) is 1. The Morgan fingerprint density at radius 1 is 1.04 bits per heavy atom. The number of nitrogens with one attached hydrogen (secondary N) is 1. The third-order valence-corrected chi connectivity index (χ3v) is 3.76. The van der Waals surface area contributed by atoms with E-state index in [9.17, 15) is 9.59 Å². The maximum atomic E-state index is 12.2. The molecule has 3 N–H and O–H groups in total. The van der Waals surface area contributed by atoms with Crippen molar-refractivity contribution in [2.75, 3.05) is 18.9 Å². The fourth-order valence-electron chi connectivity index (χ4n) is 2.49. The van der Waals surface area contributed by atoms with Crippen LogP contribution in [0.3, 0.4) is 0 Å². The Balaban J connectivity index is 1.93. The number of para-hydroxylation sites is 1. The average molecular weight is 325 g/mol. The van der Waals surface area contributed by atoms with E-state index in [0.29, 0.717) is 17.8 Å². The molecule has 0 saturated carbocycles. The summed E-state index contributed by atoms with van der Waals surface area (Å²) in [5.74, 6) is -0.744. The molecule has 5 nitrogen and oxygen atoms in total. The standard InChI is InChI=1S/C19H23N3O2/c1-3-14-8-10-15(11-9-14)12-22(2)13-18(23)21-17-7-5-4-6-16(17)19(20)24/h4-11H,3,12-13H2,1-2H3,(H2,20,24)(H,21,23). The number of carbonyl (C=O) groups is 2. The molecule has 0 aliphatic carbocycles. The van der Waals surface area contributed by atoms with E-state index in [2.05, 4.69) is 36.5 Å². The lowest BCUT2D eigenvalue weighted by Crippen LogP contribution is -2.30. The molecule has 0 saturated heterocycles. The van der Waals surface area contributed by atoms with Crippen molar-refractivity contribution < 1.29 is 9.59 Å². The van der Waals surface area contributed by atoms with Crippen LogP contribution in [-0.2, 0) is 17.8 Å². The summed E-state index contributed by atoms with van der Waals surface area (Å²) in [5, 5.41) is 2.75. The minimum Gasteiger partial charge on any atom is -0.366 e. The molecule has 0 heterocycles. The van der Waals surface area contributed by atoms with Crippen LogP contribution in [0.15, 0.2) is 48.5 Å². The second-order valence-electron chi connectivity index (χ2n) is 5.80. The van der Waals surface area contributed by atoms with E-state index in [1.165, 1.54) is 5.56 Å². The lowest BCUT2D eigenvalue weighted by atomic mass is 10.1. The highest BCUT2D eigenvalue weighted by molar-refractivity contribution is 6.03. The number of hydrogen-bond donors (Lipinski definition) is 2. The molecule has 2 rings (SSSR count). The highest BCUT2D eigenvalue weighted by Crippen LogP contribution is 2.14. The molecule has 0 fully saturated rings. The molecule has 126 valence electrons. The summed E-state index contributed by atoms with van der Waals surface area (Å²) in [6.45, 7) is 3.02. The predicted molar refractivity (Wildman–Crippen MR) is 95.7 cm³/mol. The van der Waals surface area contributed by atoms with Crippen molar-refractivity contribution in [2.24, 2.45) is 5.73 Å². The van der Waals surface area contributed by atoms with Crippen LogP contribution in [0.25, 0.3) is 0 Å². The topological polar surface area (TPSA) is 75.4 Å². The number of rotatable bonds is 7. The lowest BCUT2D eigenvalue weighted by Gasteiger charge is -2.17. The minimum absolute atomic E-state index is 0.184. The molecule has 0 aliphatic heterocycles. The Kier molecular flexibility index (Phi) is 6.09. The number of amides is 2. The van der Waals surface area contributed by atoms with Gasteiger partial charge in [-0.1, -0.05) is 43.3 Å². The number of anilines is 1. The largest absolute Gasteiger partial charge is 0.366 e. The van der Waals surface area contributed by atoms with E-state index in [0.717, 1.165) is 12.0 Å². The summed E-state index contributed by atoms with van der Waals surface area (Å²) in [7, 11) is 1.88. The van der Waals surface area contributed by atoms with Gasteiger partial charge in [0.15, 0.2) is 0 Å². The number of aryl methyl sites for hydroxylation is 1. The summed E-state index contributed by atoms with van der Waals surface area (Å²) in [4.78, 5) is 25.5. The van der Waals surface area contributed by atoms with E-state index in [4.69, 9.17) is 5.73 Å². The van der Waals surface area contributed by atoms with Gasteiger partial charge < -0.3 is 11.1 Å². The number of nitrogens with zero attached hydrogens (tertiary/aromatic N) is 1. The van der Waals surface area contributed by atoms with Gasteiger partial charge in [-0.05, 0) is 36.7 Å².